The van der Waals surface area contributed by atoms with E-state index in [0.29, 0.717) is 19.1 Å². The molecule has 0 spiro atoms. The van der Waals surface area contributed by atoms with E-state index in [1.54, 1.807) is 6.92 Å². The lowest BCUT2D eigenvalue weighted by Gasteiger charge is -2.35. The number of pyridine rings is 1. The minimum Gasteiger partial charge on any atom is -0.481 e. The molecular weight excluding hydrogens is 304 g/mol. The summed E-state index contributed by atoms with van der Waals surface area (Å²) >= 11 is 0. The van der Waals surface area contributed by atoms with Crippen molar-refractivity contribution in [2.24, 2.45) is 11.8 Å². The van der Waals surface area contributed by atoms with Crippen LogP contribution in [0.15, 0.2) is 12.1 Å². The number of nitrogens with zero attached hydrogens (tertiary/aromatic N) is 1. The second kappa shape index (κ2) is 7.97. The standard InChI is InChI=1S/C19H28N2O3/c1-13(19(22)23)8-10-24-17-11-14(12-17)4-6-16-7-5-15-3-2-9-20-18(15)21-16/h5,7,13-14,17H,2-4,6,8-12H2,1H3,(H,20,21)(H,22,23)/t13?,14-,17-. The van der Waals surface area contributed by atoms with Gasteiger partial charge in [-0.05, 0) is 62.5 Å². The van der Waals surface area contributed by atoms with Crippen LogP contribution in [0.5, 0.6) is 0 Å². The van der Waals surface area contributed by atoms with Gasteiger partial charge in [0.05, 0.1) is 12.0 Å². The Hall–Kier alpha value is -1.62. The van der Waals surface area contributed by atoms with Crippen LogP contribution < -0.4 is 5.32 Å². The summed E-state index contributed by atoms with van der Waals surface area (Å²) in [6.07, 6.45) is 7.66. The van der Waals surface area contributed by atoms with Crippen molar-refractivity contribution in [3.05, 3.63) is 23.4 Å². The molecule has 1 aliphatic carbocycles. The molecule has 5 nitrogen and oxygen atoms in total. The van der Waals surface area contributed by atoms with E-state index < -0.39 is 5.97 Å². The Bertz CT molecular complexity index is 570. The molecule has 0 amide bonds. The number of aromatic nitrogens is 1. The first kappa shape index (κ1) is 17.2. The van der Waals surface area contributed by atoms with Gasteiger partial charge < -0.3 is 15.2 Å². The van der Waals surface area contributed by atoms with Crippen LogP contribution >= 0.6 is 0 Å². The summed E-state index contributed by atoms with van der Waals surface area (Å²) in [6.45, 7) is 3.32. The molecule has 5 heteroatoms. The number of hydrogen-bond donors (Lipinski definition) is 2. The summed E-state index contributed by atoms with van der Waals surface area (Å²) in [5.41, 5.74) is 2.53. The van der Waals surface area contributed by atoms with Gasteiger partial charge >= 0.3 is 5.97 Å². The quantitative estimate of drug-likeness (QED) is 0.764. The van der Waals surface area contributed by atoms with Crippen LogP contribution in [0.1, 0.15) is 50.3 Å². The van der Waals surface area contributed by atoms with Gasteiger partial charge in [0.15, 0.2) is 0 Å². The molecular formula is C19H28N2O3. The highest BCUT2D eigenvalue weighted by molar-refractivity contribution is 5.69. The molecule has 0 bridgehead atoms. The molecule has 1 aliphatic heterocycles. The lowest BCUT2D eigenvalue weighted by atomic mass is 9.79. The topological polar surface area (TPSA) is 71.5 Å². The molecule has 0 saturated heterocycles. The van der Waals surface area contributed by atoms with Crippen LogP contribution in [-0.2, 0) is 22.4 Å². The molecule has 24 heavy (non-hydrogen) atoms. The highest BCUT2D eigenvalue weighted by Crippen LogP contribution is 2.34. The van der Waals surface area contributed by atoms with Crippen molar-refractivity contribution in [1.82, 2.24) is 4.98 Å². The number of rotatable bonds is 8. The van der Waals surface area contributed by atoms with Gasteiger partial charge in [0.25, 0.3) is 0 Å². The number of anilines is 1. The zero-order valence-corrected chi connectivity index (χ0v) is 14.5. The summed E-state index contributed by atoms with van der Waals surface area (Å²) in [7, 11) is 0. The number of carboxylic acids is 1. The second-order valence-corrected chi connectivity index (χ2v) is 7.24. The maximum Gasteiger partial charge on any atom is 0.306 e. The lowest BCUT2D eigenvalue weighted by molar-refractivity contribution is -0.142. The lowest BCUT2D eigenvalue weighted by Crippen LogP contribution is -2.32. The Labute approximate surface area is 143 Å². The van der Waals surface area contributed by atoms with Gasteiger partial charge in [-0.2, -0.15) is 0 Å². The van der Waals surface area contributed by atoms with Crippen molar-refractivity contribution in [1.29, 1.82) is 0 Å². The number of carboxylic acid groups (broad SMARTS) is 1. The predicted octanol–water partition coefficient (Wildman–Crippen LogP) is 3.28. The molecule has 0 aromatic carbocycles. The van der Waals surface area contributed by atoms with E-state index >= 15 is 0 Å². The monoisotopic (exact) mass is 332 g/mol. The summed E-state index contributed by atoms with van der Waals surface area (Å²) in [6, 6.07) is 4.39. The van der Waals surface area contributed by atoms with Crippen LogP contribution in [0.25, 0.3) is 0 Å². The average Bonchev–Trinajstić information content (AvgIpc) is 2.55. The summed E-state index contributed by atoms with van der Waals surface area (Å²) in [4.78, 5) is 15.5. The van der Waals surface area contributed by atoms with Gasteiger partial charge in [-0.15, -0.1) is 0 Å². The highest BCUT2D eigenvalue weighted by atomic mass is 16.5. The number of ether oxygens (including phenoxy) is 1. The van der Waals surface area contributed by atoms with Gasteiger partial charge in [0, 0.05) is 18.8 Å². The third-order valence-corrected chi connectivity index (χ3v) is 5.28. The van der Waals surface area contributed by atoms with Crippen LogP contribution in [0.2, 0.25) is 0 Å². The Balaban J connectivity index is 1.32. The summed E-state index contributed by atoms with van der Waals surface area (Å²) in [5.74, 6) is 0.750. The first-order valence-corrected chi connectivity index (χ1v) is 9.19. The summed E-state index contributed by atoms with van der Waals surface area (Å²) < 4.78 is 5.77. The molecule has 2 N–H and O–H groups in total. The number of nitrogens with one attached hydrogen (secondary N) is 1. The molecule has 3 rings (SSSR count). The van der Waals surface area contributed by atoms with Gasteiger partial charge in [-0.1, -0.05) is 13.0 Å². The van der Waals surface area contributed by atoms with Crippen LogP contribution in [0.4, 0.5) is 5.82 Å². The number of carbonyl (C=O) groups is 1. The third kappa shape index (κ3) is 4.47. The van der Waals surface area contributed by atoms with Crippen LogP contribution in [0, 0.1) is 11.8 Å². The molecule has 2 aliphatic rings. The van der Waals surface area contributed by atoms with E-state index in [-0.39, 0.29) is 5.92 Å². The SMILES string of the molecule is CC(CCO[C@H]1C[C@H](CCc2ccc3c(n2)NCCC3)C1)C(=O)O. The number of fused-ring (bicyclic) bond motifs is 1. The Morgan fingerprint density at radius 1 is 1.46 bits per heavy atom. The van der Waals surface area contributed by atoms with Crippen LogP contribution in [0.3, 0.4) is 0 Å². The predicted molar refractivity (Wildman–Crippen MR) is 93.2 cm³/mol. The Morgan fingerprint density at radius 2 is 2.29 bits per heavy atom. The Kier molecular flexibility index (Phi) is 5.72. The molecule has 1 aromatic heterocycles. The maximum absolute atomic E-state index is 10.8. The normalized spacial score (nSPS) is 23.7. The van der Waals surface area contributed by atoms with E-state index in [1.807, 2.05) is 0 Å². The molecule has 0 radical (unpaired) electrons. The zero-order chi connectivity index (χ0) is 16.9. The van der Waals surface area contributed by atoms with E-state index in [9.17, 15) is 4.79 Å². The van der Waals surface area contributed by atoms with Gasteiger partial charge in [-0.25, -0.2) is 4.98 Å². The van der Waals surface area contributed by atoms with Gasteiger partial charge in [0.2, 0.25) is 0 Å². The minimum atomic E-state index is -0.739. The first-order valence-electron chi connectivity index (χ1n) is 9.19. The van der Waals surface area contributed by atoms with Crippen LogP contribution in [-0.4, -0.2) is 35.3 Å². The number of hydrogen-bond acceptors (Lipinski definition) is 4. The number of aliphatic carboxylic acids is 1. The maximum atomic E-state index is 10.8. The molecule has 1 fully saturated rings. The van der Waals surface area contributed by atoms with Gasteiger partial charge in [-0.3, -0.25) is 4.79 Å². The van der Waals surface area contributed by atoms with E-state index in [2.05, 4.69) is 17.4 Å². The molecule has 2 heterocycles. The van der Waals surface area contributed by atoms with Crippen molar-refractivity contribution < 1.29 is 14.6 Å². The molecule has 1 aromatic rings. The molecule has 1 saturated carbocycles. The largest absolute Gasteiger partial charge is 0.481 e. The molecule has 132 valence electrons. The fourth-order valence-electron chi connectivity index (χ4n) is 3.44. The summed E-state index contributed by atoms with van der Waals surface area (Å²) in [5, 5.41) is 12.2. The van der Waals surface area contributed by atoms with Crippen molar-refractivity contribution in [2.75, 3.05) is 18.5 Å². The minimum absolute atomic E-state index is 0.315. The van der Waals surface area contributed by atoms with E-state index in [0.717, 1.165) is 50.4 Å². The number of aryl methyl sites for hydroxylation is 2. The van der Waals surface area contributed by atoms with Crippen molar-refractivity contribution >= 4 is 11.8 Å². The van der Waals surface area contributed by atoms with E-state index in [4.69, 9.17) is 14.8 Å². The first-order chi connectivity index (χ1) is 11.6. The fraction of sp³-hybridized carbons (Fsp3) is 0.684. The smallest absolute Gasteiger partial charge is 0.306 e. The van der Waals surface area contributed by atoms with Crippen molar-refractivity contribution in [2.45, 2.75) is 58.0 Å². The second-order valence-electron chi connectivity index (χ2n) is 7.24. The fourth-order valence-corrected chi connectivity index (χ4v) is 3.44. The highest BCUT2D eigenvalue weighted by Gasteiger charge is 2.29. The molecule has 1 atom stereocenters. The third-order valence-electron chi connectivity index (χ3n) is 5.28. The Morgan fingerprint density at radius 3 is 3.08 bits per heavy atom. The zero-order valence-electron chi connectivity index (χ0n) is 14.5. The van der Waals surface area contributed by atoms with E-state index in [1.165, 1.54) is 17.7 Å². The van der Waals surface area contributed by atoms with Gasteiger partial charge in [0.1, 0.15) is 5.82 Å². The van der Waals surface area contributed by atoms with Crippen molar-refractivity contribution in [3.63, 3.8) is 0 Å². The van der Waals surface area contributed by atoms with Crippen molar-refractivity contribution in [3.8, 4) is 0 Å². The average molecular weight is 332 g/mol. The molecule has 1 unspecified atom stereocenters.